The van der Waals surface area contributed by atoms with Gasteiger partial charge in [-0.25, -0.2) is 4.98 Å². The number of aromatic nitrogens is 1. The van der Waals surface area contributed by atoms with E-state index in [1.165, 1.54) is 4.90 Å². The van der Waals surface area contributed by atoms with Gasteiger partial charge in [-0.2, -0.15) is 0 Å². The molecular formula is C55H65ClN6O7S. The number of ether oxygens (including phenoxy) is 1. The number of rotatable bonds is 19. The van der Waals surface area contributed by atoms with E-state index >= 15 is 0 Å². The van der Waals surface area contributed by atoms with Crippen LogP contribution in [0.25, 0.3) is 21.6 Å². The number of aliphatic hydroxyl groups is 1. The molecule has 4 N–H and O–H groups in total. The molecule has 370 valence electrons. The van der Waals surface area contributed by atoms with Gasteiger partial charge in [0.2, 0.25) is 23.6 Å². The van der Waals surface area contributed by atoms with Crippen molar-refractivity contribution in [1.29, 1.82) is 0 Å². The number of benzene rings is 4. The Labute approximate surface area is 420 Å². The van der Waals surface area contributed by atoms with Gasteiger partial charge in [0.25, 0.3) is 0 Å². The third-order valence-electron chi connectivity index (χ3n) is 13.0. The highest BCUT2D eigenvalue weighted by molar-refractivity contribution is 7.13. The first-order valence-corrected chi connectivity index (χ1v) is 25.5. The van der Waals surface area contributed by atoms with Crippen molar-refractivity contribution in [2.75, 3.05) is 51.8 Å². The lowest BCUT2D eigenvalue weighted by atomic mass is 9.85. The molecule has 0 bridgehead atoms. The molecule has 0 aliphatic carbocycles. The molecule has 2 saturated heterocycles. The van der Waals surface area contributed by atoms with E-state index in [2.05, 4.69) is 44.8 Å². The van der Waals surface area contributed by atoms with Gasteiger partial charge in [0.05, 0.1) is 22.2 Å². The summed E-state index contributed by atoms with van der Waals surface area (Å²) in [6.07, 6.45) is 0.489. The summed E-state index contributed by atoms with van der Waals surface area (Å²) in [5, 5.41) is 26.5. The molecule has 3 atom stereocenters. The molecule has 0 unspecified atom stereocenters. The van der Waals surface area contributed by atoms with Gasteiger partial charge in [-0.05, 0) is 88.4 Å². The number of alkyl halides is 1. The predicted octanol–water partition coefficient (Wildman–Crippen LogP) is 7.91. The number of aliphatic hydroxyl groups excluding tert-OH is 1. The smallest absolute Gasteiger partial charge is 0.246 e. The highest BCUT2D eigenvalue weighted by atomic mass is 35.5. The summed E-state index contributed by atoms with van der Waals surface area (Å²) < 4.78 is 6.18. The number of allylic oxidation sites excluding steroid dienone is 1. The van der Waals surface area contributed by atoms with Gasteiger partial charge in [-0.1, -0.05) is 99.6 Å². The minimum absolute atomic E-state index is 0.0137. The molecule has 0 saturated carbocycles. The lowest BCUT2D eigenvalue weighted by molar-refractivity contribution is -0.144. The second kappa shape index (κ2) is 24.2. The van der Waals surface area contributed by atoms with Crippen LogP contribution in [0.4, 0.5) is 0 Å². The number of aromatic hydroxyl groups is 1. The minimum atomic E-state index is -0.948. The molecule has 2 aliphatic heterocycles. The topological polar surface area (TPSA) is 165 Å². The number of amides is 4. The third-order valence-corrected chi connectivity index (χ3v) is 14.1. The summed E-state index contributed by atoms with van der Waals surface area (Å²) in [5.74, 6) is 0.259. The summed E-state index contributed by atoms with van der Waals surface area (Å²) in [6.45, 7) is 11.5. The summed E-state index contributed by atoms with van der Waals surface area (Å²) >= 11 is 7.90. The predicted molar refractivity (Wildman–Crippen MR) is 276 cm³/mol. The van der Waals surface area contributed by atoms with E-state index < -0.39 is 29.5 Å². The van der Waals surface area contributed by atoms with Gasteiger partial charge in [0.15, 0.2) is 0 Å². The number of phenolic OH excluding ortho intramolecular Hbond substituents is 1. The van der Waals surface area contributed by atoms with Crippen LogP contribution >= 0.6 is 22.9 Å². The van der Waals surface area contributed by atoms with Crippen LogP contribution in [0, 0.1) is 12.3 Å². The Morgan fingerprint density at radius 3 is 2.16 bits per heavy atom. The lowest BCUT2D eigenvalue weighted by Crippen LogP contribution is -2.57. The van der Waals surface area contributed by atoms with Crippen molar-refractivity contribution in [3.05, 3.63) is 137 Å². The second-order valence-corrected chi connectivity index (χ2v) is 20.3. The van der Waals surface area contributed by atoms with Crippen LogP contribution < -0.4 is 15.4 Å². The Kier molecular flexibility index (Phi) is 17.9. The van der Waals surface area contributed by atoms with E-state index in [1.54, 1.807) is 23.5 Å². The van der Waals surface area contributed by atoms with Crippen molar-refractivity contribution in [3.63, 3.8) is 0 Å². The molecule has 2 fully saturated rings. The Morgan fingerprint density at radius 2 is 1.53 bits per heavy atom. The number of halogens is 1. The summed E-state index contributed by atoms with van der Waals surface area (Å²) in [4.78, 5) is 65.1. The van der Waals surface area contributed by atoms with Crippen LogP contribution in [0.1, 0.15) is 80.8 Å². The molecule has 5 aromatic rings. The maximum Gasteiger partial charge on any atom is 0.246 e. The first-order valence-electron chi connectivity index (χ1n) is 24.1. The molecule has 2 aliphatic rings. The van der Waals surface area contributed by atoms with Gasteiger partial charge in [0, 0.05) is 71.0 Å². The number of piperazine rings is 1. The van der Waals surface area contributed by atoms with Crippen molar-refractivity contribution in [3.8, 4) is 21.9 Å². The van der Waals surface area contributed by atoms with Crippen LogP contribution in [-0.2, 0) is 25.7 Å². The van der Waals surface area contributed by atoms with E-state index in [9.17, 15) is 29.4 Å². The number of aryl methyl sites for hydroxylation is 1. The number of hydrogen-bond donors (Lipinski definition) is 4. The van der Waals surface area contributed by atoms with E-state index in [4.69, 9.17) is 16.3 Å². The third kappa shape index (κ3) is 13.6. The van der Waals surface area contributed by atoms with Crippen molar-refractivity contribution in [1.82, 2.24) is 30.3 Å². The Balaban J connectivity index is 0.839. The molecule has 1 aromatic heterocycles. The number of carbonyl (C=O) groups is 4. The first-order chi connectivity index (χ1) is 33.7. The largest absolute Gasteiger partial charge is 0.508 e. The fraction of sp³-hybridized carbons (Fsp3) is 0.400. The van der Waals surface area contributed by atoms with E-state index in [0.29, 0.717) is 58.1 Å². The van der Waals surface area contributed by atoms with E-state index in [0.717, 1.165) is 55.3 Å². The highest BCUT2D eigenvalue weighted by Gasteiger charge is 2.44. The molecule has 15 heteroatoms. The zero-order valence-corrected chi connectivity index (χ0v) is 42.1. The average molecular weight is 990 g/mol. The van der Waals surface area contributed by atoms with Gasteiger partial charge in [-0.3, -0.25) is 24.1 Å². The highest BCUT2D eigenvalue weighted by Crippen LogP contribution is 2.36. The van der Waals surface area contributed by atoms with E-state index in [-0.39, 0.29) is 55.8 Å². The standard InChI is InChI=1S/C55H65ClN6O7S/c1-37-51(70-36-58-37)42-15-13-38(14-16-42)34-57-53(67)47-33-44(64)35-62(47)54(68)52(55(2,3)4)59-48(65)11-8-12-49(66)61-29-27-60(28-30-61)31-32-69-45-23-19-41(20-24-45)50(40-17-21-43(63)22-18-40)46(25-26-56)39-9-6-5-7-10-39/h5-7,9-10,13-24,36,44,47,52,63-64H,8,11-12,25-35H2,1-4H3,(H,57,67)(H,59,65)/t44-,47+,52-/m1/s1. The minimum Gasteiger partial charge on any atom is -0.508 e. The number of likely N-dealkylation sites (tertiary alicyclic amines) is 1. The normalized spacial score (nSPS) is 17.2. The van der Waals surface area contributed by atoms with Gasteiger partial charge < -0.3 is 35.4 Å². The molecule has 13 nitrogen and oxygen atoms in total. The lowest BCUT2D eigenvalue weighted by Gasteiger charge is -2.35. The fourth-order valence-electron chi connectivity index (χ4n) is 9.09. The zero-order chi connectivity index (χ0) is 49.8. The van der Waals surface area contributed by atoms with Crippen LogP contribution in [0.5, 0.6) is 11.5 Å². The maximum absolute atomic E-state index is 14.1. The number of thiazole rings is 1. The summed E-state index contributed by atoms with van der Waals surface area (Å²) in [6, 6.07) is 31.5. The average Bonchev–Trinajstić information content (AvgIpc) is 3.98. The zero-order valence-electron chi connectivity index (χ0n) is 40.5. The molecule has 0 spiro atoms. The van der Waals surface area contributed by atoms with Crippen LogP contribution in [0.15, 0.2) is 109 Å². The summed E-state index contributed by atoms with van der Waals surface area (Å²) in [7, 11) is 0. The number of carbonyl (C=O) groups excluding carboxylic acids is 4. The Bertz CT molecular complexity index is 2570. The first kappa shape index (κ1) is 51.8. The van der Waals surface area contributed by atoms with Gasteiger partial charge in [-0.15, -0.1) is 22.9 Å². The SMILES string of the molecule is Cc1ncsc1-c1ccc(CNC(=O)[C@@H]2C[C@@H](O)CN2C(=O)[C@@H](NC(=O)CCCC(=O)N2CCN(CCOc3ccc(C(=C(CCCl)c4ccccc4)c4ccc(O)cc4)cc3)CC2)C(C)(C)C)cc1. The maximum atomic E-state index is 14.1. The summed E-state index contributed by atoms with van der Waals surface area (Å²) in [5.41, 5.74) is 9.27. The monoisotopic (exact) mass is 988 g/mol. The number of phenols is 1. The molecule has 4 amide bonds. The van der Waals surface area contributed by atoms with Crippen molar-refractivity contribution in [2.45, 2.75) is 84.5 Å². The van der Waals surface area contributed by atoms with Crippen molar-refractivity contribution in [2.24, 2.45) is 5.41 Å². The molecular weight excluding hydrogens is 924 g/mol. The molecule has 0 radical (unpaired) electrons. The number of hydrogen-bond acceptors (Lipinski definition) is 10. The molecule has 70 heavy (non-hydrogen) atoms. The van der Waals surface area contributed by atoms with Crippen LogP contribution in [0.2, 0.25) is 0 Å². The number of β-amino-alcohol motifs (C(OH)–C–C–N with tert-alkyl or cyclic N) is 1. The van der Waals surface area contributed by atoms with E-state index in [1.807, 2.05) is 105 Å². The Morgan fingerprint density at radius 1 is 0.857 bits per heavy atom. The molecule has 3 heterocycles. The van der Waals surface area contributed by atoms with Gasteiger partial charge >= 0.3 is 0 Å². The van der Waals surface area contributed by atoms with Crippen molar-refractivity contribution < 1.29 is 34.1 Å². The number of nitrogens with one attached hydrogen (secondary N) is 2. The fourth-order valence-corrected chi connectivity index (χ4v) is 10.1. The van der Waals surface area contributed by atoms with Crippen LogP contribution in [0.3, 0.4) is 0 Å². The number of nitrogens with zero attached hydrogens (tertiary/aromatic N) is 4. The van der Waals surface area contributed by atoms with Crippen molar-refractivity contribution >= 4 is 57.7 Å². The van der Waals surface area contributed by atoms with Gasteiger partial charge in [0.1, 0.15) is 30.2 Å². The quantitative estimate of drug-likeness (QED) is 0.0476. The van der Waals surface area contributed by atoms with Crippen LogP contribution in [-0.4, -0.2) is 123 Å². The molecule has 4 aromatic carbocycles. The second-order valence-electron chi connectivity index (χ2n) is 19.1. The molecule has 7 rings (SSSR count). The Hall–Kier alpha value is -6.06.